The van der Waals surface area contributed by atoms with Gasteiger partial charge in [0.1, 0.15) is 11.6 Å². The lowest BCUT2D eigenvalue weighted by atomic mass is 9.94. The van der Waals surface area contributed by atoms with Crippen LogP contribution in [0.15, 0.2) is 12.3 Å². The van der Waals surface area contributed by atoms with Crippen LogP contribution in [0.4, 0.5) is 11.5 Å². The van der Waals surface area contributed by atoms with Gasteiger partial charge in [-0.05, 0) is 25.8 Å². The average Bonchev–Trinajstić information content (AvgIpc) is 2.37. The van der Waals surface area contributed by atoms with Gasteiger partial charge in [0.25, 0.3) is 0 Å². The fourth-order valence-corrected chi connectivity index (χ4v) is 2.14. The Labute approximate surface area is 110 Å². The Balaban J connectivity index is 2.36. The minimum Gasteiger partial charge on any atom is -0.390 e. The van der Waals surface area contributed by atoms with Crippen LogP contribution in [0, 0.1) is 21.4 Å². The van der Waals surface area contributed by atoms with E-state index in [0.29, 0.717) is 25.9 Å². The van der Waals surface area contributed by atoms with Gasteiger partial charge in [-0.25, -0.2) is 4.98 Å². The number of aliphatic hydroxyl groups is 1. The number of hydrogen-bond donors (Lipinski definition) is 1. The fourth-order valence-electron chi connectivity index (χ4n) is 2.14. The standard InChI is InChI=1S/C12H14N4O3/c1-12(17)3-6-15(7-4-12)11-10(16(18)19)9(8-13)2-5-14-11/h2,5,17H,3-4,6-7H2,1H3. The van der Waals surface area contributed by atoms with Crippen molar-refractivity contribution < 1.29 is 10.0 Å². The van der Waals surface area contributed by atoms with Gasteiger partial charge in [0.05, 0.1) is 10.5 Å². The van der Waals surface area contributed by atoms with Crippen LogP contribution in [-0.4, -0.2) is 33.7 Å². The quantitative estimate of drug-likeness (QED) is 0.634. The molecule has 100 valence electrons. The van der Waals surface area contributed by atoms with E-state index in [-0.39, 0.29) is 17.1 Å². The second-order valence-electron chi connectivity index (χ2n) is 4.88. The first kappa shape index (κ1) is 13.2. The highest BCUT2D eigenvalue weighted by atomic mass is 16.6. The van der Waals surface area contributed by atoms with Crippen molar-refractivity contribution in [2.75, 3.05) is 18.0 Å². The van der Waals surface area contributed by atoms with Gasteiger partial charge in [-0.2, -0.15) is 5.26 Å². The highest BCUT2D eigenvalue weighted by molar-refractivity contribution is 5.65. The molecule has 1 saturated heterocycles. The number of pyridine rings is 1. The Hall–Kier alpha value is -2.20. The summed E-state index contributed by atoms with van der Waals surface area (Å²) in [5, 5.41) is 29.9. The molecule has 1 aliphatic heterocycles. The first-order valence-electron chi connectivity index (χ1n) is 5.95. The van der Waals surface area contributed by atoms with Gasteiger partial charge < -0.3 is 10.0 Å². The molecule has 0 bridgehead atoms. The van der Waals surface area contributed by atoms with Gasteiger partial charge in [-0.3, -0.25) is 10.1 Å². The van der Waals surface area contributed by atoms with Gasteiger partial charge in [-0.15, -0.1) is 0 Å². The average molecular weight is 262 g/mol. The minimum atomic E-state index is -0.738. The highest BCUT2D eigenvalue weighted by Gasteiger charge is 2.32. The summed E-state index contributed by atoms with van der Waals surface area (Å²) in [6.45, 7) is 2.71. The molecule has 2 rings (SSSR count). The topological polar surface area (TPSA) is 103 Å². The van der Waals surface area contributed by atoms with Gasteiger partial charge in [0.2, 0.25) is 5.82 Å². The summed E-state index contributed by atoms with van der Waals surface area (Å²) in [7, 11) is 0. The van der Waals surface area contributed by atoms with E-state index in [1.54, 1.807) is 11.8 Å². The number of hydrogen-bond acceptors (Lipinski definition) is 6. The Bertz CT molecular complexity index is 540. The molecule has 0 aromatic carbocycles. The second kappa shape index (κ2) is 4.82. The molecule has 1 aliphatic rings. The maximum Gasteiger partial charge on any atom is 0.329 e. The van der Waals surface area contributed by atoms with E-state index >= 15 is 0 Å². The zero-order valence-electron chi connectivity index (χ0n) is 10.5. The van der Waals surface area contributed by atoms with Crippen molar-refractivity contribution >= 4 is 11.5 Å². The maximum atomic E-state index is 11.1. The van der Waals surface area contributed by atoms with Crippen LogP contribution in [0.25, 0.3) is 0 Å². The monoisotopic (exact) mass is 262 g/mol. The molecule has 19 heavy (non-hydrogen) atoms. The van der Waals surface area contributed by atoms with E-state index < -0.39 is 10.5 Å². The number of aromatic nitrogens is 1. The van der Waals surface area contributed by atoms with Crippen LogP contribution in [0.5, 0.6) is 0 Å². The summed E-state index contributed by atoms with van der Waals surface area (Å²) in [6, 6.07) is 3.15. The van der Waals surface area contributed by atoms with Crippen LogP contribution in [0.3, 0.4) is 0 Å². The lowest BCUT2D eigenvalue weighted by Gasteiger charge is -2.36. The molecule has 0 radical (unpaired) electrons. The summed E-state index contributed by atoms with van der Waals surface area (Å²) >= 11 is 0. The van der Waals surface area contributed by atoms with Crippen molar-refractivity contribution in [2.45, 2.75) is 25.4 Å². The van der Waals surface area contributed by atoms with Crippen molar-refractivity contribution in [1.29, 1.82) is 5.26 Å². The molecule has 1 aromatic heterocycles. The van der Waals surface area contributed by atoms with Gasteiger partial charge in [-0.1, -0.05) is 0 Å². The minimum absolute atomic E-state index is 0.00679. The Morgan fingerprint density at radius 2 is 2.21 bits per heavy atom. The van der Waals surface area contributed by atoms with E-state index in [2.05, 4.69) is 4.98 Å². The smallest absolute Gasteiger partial charge is 0.329 e. The molecule has 0 spiro atoms. The third-order valence-electron chi connectivity index (χ3n) is 3.35. The molecule has 0 unspecified atom stereocenters. The zero-order chi connectivity index (χ0) is 14.0. The summed E-state index contributed by atoms with van der Waals surface area (Å²) in [5.41, 5.74) is -0.989. The molecule has 7 heteroatoms. The van der Waals surface area contributed by atoms with Gasteiger partial charge >= 0.3 is 5.69 Å². The maximum absolute atomic E-state index is 11.1. The number of anilines is 1. The normalized spacial score (nSPS) is 17.8. The molecule has 1 aromatic rings. The number of nitriles is 1. The van der Waals surface area contributed by atoms with Crippen molar-refractivity contribution in [2.24, 2.45) is 0 Å². The second-order valence-corrected chi connectivity index (χ2v) is 4.88. The first-order valence-corrected chi connectivity index (χ1v) is 5.95. The van der Waals surface area contributed by atoms with Crippen molar-refractivity contribution in [1.82, 2.24) is 4.98 Å². The third-order valence-corrected chi connectivity index (χ3v) is 3.35. The van der Waals surface area contributed by atoms with E-state index in [1.165, 1.54) is 12.3 Å². The number of rotatable bonds is 2. The SMILES string of the molecule is CC1(O)CCN(c2nccc(C#N)c2[N+](=O)[O-])CC1. The molecule has 0 atom stereocenters. The van der Waals surface area contributed by atoms with Crippen molar-refractivity contribution in [3.63, 3.8) is 0 Å². The molecule has 1 N–H and O–H groups in total. The van der Waals surface area contributed by atoms with Crippen molar-refractivity contribution in [3.8, 4) is 6.07 Å². The van der Waals surface area contributed by atoms with Crippen LogP contribution in [-0.2, 0) is 0 Å². The number of piperidine rings is 1. The number of nitrogens with zero attached hydrogens (tertiary/aromatic N) is 4. The summed E-state index contributed by atoms with van der Waals surface area (Å²) in [6.07, 6.45) is 2.43. The van der Waals surface area contributed by atoms with E-state index in [4.69, 9.17) is 5.26 Å². The lowest BCUT2D eigenvalue weighted by Crippen LogP contribution is -2.43. The first-order chi connectivity index (χ1) is 8.94. The van der Waals surface area contributed by atoms with Gasteiger partial charge in [0, 0.05) is 19.3 Å². The summed E-state index contributed by atoms with van der Waals surface area (Å²) in [5.74, 6) is 0.208. The molecular weight excluding hydrogens is 248 g/mol. The van der Waals surface area contributed by atoms with Crippen LogP contribution in [0.2, 0.25) is 0 Å². The molecule has 0 saturated carbocycles. The molecule has 7 nitrogen and oxygen atoms in total. The molecule has 2 heterocycles. The Kier molecular flexibility index (Phi) is 3.36. The van der Waals surface area contributed by atoms with Crippen LogP contribution >= 0.6 is 0 Å². The van der Waals surface area contributed by atoms with Crippen LogP contribution < -0.4 is 4.90 Å². The summed E-state index contributed by atoms with van der Waals surface area (Å²) in [4.78, 5) is 16.3. The number of nitro groups is 1. The lowest BCUT2D eigenvalue weighted by molar-refractivity contribution is -0.384. The predicted octanol–water partition coefficient (Wildman–Crippen LogP) is 1.21. The largest absolute Gasteiger partial charge is 0.390 e. The fraction of sp³-hybridized carbons (Fsp3) is 0.500. The highest BCUT2D eigenvalue weighted by Crippen LogP contribution is 2.32. The third kappa shape index (κ3) is 2.63. The predicted molar refractivity (Wildman–Crippen MR) is 67.7 cm³/mol. The van der Waals surface area contributed by atoms with E-state index in [1.807, 2.05) is 6.07 Å². The van der Waals surface area contributed by atoms with E-state index in [9.17, 15) is 15.2 Å². The summed E-state index contributed by atoms with van der Waals surface area (Å²) < 4.78 is 0. The van der Waals surface area contributed by atoms with E-state index in [0.717, 1.165) is 0 Å². The molecule has 0 amide bonds. The van der Waals surface area contributed by atoms with Crippen molar-refractivity contribution in [3.05, 3.63) is 27.9 Å². The van der Waals surface area contributed by atoms with Crippen LogP contribution in [0.1, 0.15) is 25.3 Å². The molecular formula is C12H14N4O3. The zero-order valence-corrected chi connectivity index (χ0v) is 10.5. The molecule has 1 fully saturated rings. The Morgan fingerprint density at radius 3 is 2.74 bits per heavy atom. The van der Waals surface area contributed by atoms with Gasteiger partial charge in [0.15, 0.2) is 0 Å². The molecule has 0 aliphatic carbocycles. The Morgan fingerprint density at radius 1 is 1.58 bits per heavy atom.